The Balaban J connectivity index is 2.69. The molecule has 1 aromatic carbocycles. The molecule has 3 nitrogen and oxygen atoms in total. The maximum Gasteiger partial charge on any atom is 0.224 e. The van der Waals surface area contributed by atoms with Gasteiger partial charge in [0.15, 0.2) is 0 Å². The maximum absolute atomic E-state index is 11.7. The molecule has 1 rings (SSSR count). The van der Waals surface area contributed by atoms with Gasteiger partial charge in [-0.2, -0.15) is 0 Å². The summed E-state index contributed by atoms with van der Waals surface area (Å²) in [4.78, 5) is 11.7. The molecule has 0 saturated carbocycles. The number of carbonyl (C=O) groups excluding carboxylic acids is 1. The number of nitrogens with one attached hydrogen (secondary N) is 1. The van der Waals surface area contributed by atoms with Crippen LogP contribution in [0.5, 0.6) is 5.75 Å². The number of methoxy groups -OCH3 is 1. The normalized spacial score (nSPS) is 11.1. The summed E-state index contributed by atoms with van der Waals surface area (Å²) in [6.07, 6.45) is 0.320. The first kappa shape index (κ1) is 13.8. The van der Waals surface area contributed by atoms with E-state index in [2.05, 4.69) is 5.32 Å². The predicted octanol–water partition coefficient (Wildman–Crippen LogP) is 2.81. The van der Waals surface area contributed by atoms with E-state index >= 15 is 0 Å². The maximum atomic E-state index is 11.7. The van der Waals surface area contributed by atoms with Crippen molar-refractivity contribution in [1.82, 2.24) is 5.32 Å². The summed E-state index contributed by atoms with van der Waals surface area (Å²) in [7, 11) is 1.56. The molecule has 1 aromatic rings. The summed E-state index contributed by atoms with van der Waals surface area (Å²) in [5.41, 5.74) is 0.658. The van der Waals surface area contributed by atoms with E-state index in [1.165, 1.54) is 0 Å². The summed E-state index contributed by atoms with van der Waals surface area (Å²) in [6.45, 7) is 5.85. The second-order valence-electron chi connectivity index (χ2n) is 4.94. The molecule has 0 heterocycles. The SMILES string of the molecule is COc1ccc(CC(=O)NC(C)(C)C)cc1Cl. The van der Waals surface area contributed by atoms with Crippen LogP contribution in [0.2, 0.25) is 5.02 Å². The van der Waals surface area contributed by atoms with Crippen LogP contribution in [0.15, 0.2) is 18.2 Å². The van der Waals surface area contributed by atoms with Gasteiger partial charge in [0.25, 0.3) is 0 Å². The number of halogens is 1. The third-order valence-corrected chi connectivity index (χ3v) is 2.39. The fourth-order valence-electron chi connectivity index (χ4n) is 1.47. The average molecular weight is 256 g/mol. The summed E-state index contributed by atoms with van der Waals surface area (Å²) < 4.78 is 5.05. The minimum atomic E-state index is -0.215. The molecular formula is C13H18ClNO2. The number of carbonyl (C=O) groups is 1. The molecule has 0 radical (unpaired) electrons. The van der Waals surface area contributed by atoms with Gasteiger partial charge < -0.3 is 10.1 Å². The first-order valence-electron chi connectivity index (χ1n) is 5.45. The van der Waals surface area contributed by atoms with Crippen molar-refractivity contribution < 1.29 is 9.53 Å². The number of ether oxygens (including phenoxy) is 1. The Kier molecular flexibility index (Phi) is 4.40. The van der Waals surface area contributed by atoms with Crippen molar-refractivity contribution in [3.05, 3.63) is 28.8 Å². The van der Waals surface area contributed by atoms with Crippen molar-refractivity contribution in [2.75, 3.05) is 7.11 Å². The van der Waals surface area contributed by atoms with E-state index in [1.54, 1.807) is 19.2 Å². The highest BCUT2D eigenvalue weighted by atomic mass is 35.5. The minimum Gasteiger partial charge on any atom is -0.495 e. The van der Waals surface area contributed by atoms with Crippen LogP contribution in [0, 0.1) is 0 Å². The first-order chi connectivity index (χ1) is 7.81. The van der Waals surface area contributed by atoms with Crippen molar-refractivity contribution in [2.45, 2.75) is 32.7 Å². The second kappa shape index (κ2) is 5.41. The third kappa shape index (κ3) is 4.65. The lowest BCUT2D eigenvalue weighted by atomic mass is 10.1. The zero-order valence-corrected chi connectivity index (χ0v) is 11.4. The minimum absolute atomic E-state index is 0.0151. The lowest BCUT2D eigenvalue weighted by Crippen LogP contribution is -2.41. The standard InChI is InChI=1S/C13H18ClNO2/c1-13(2,3)15-12(16)8-9-5-6-11(17-4)10(14)7-9/h5-7H,8H2,1-4H3,(H,15,16). The Labute approximate surface area is 107 Å². The second-order valence-corrected chi connectivity index (χ2v) is 5.35. The molecule has 17 heavy (non-hydrogen) atoms. The average Bonchev–Trinajstić information content (AvgIpc) is 2.14. The van der Waals surface area contributed by atoms with Crippen LogP contribution in [0.4, 0.5) is 0 Å². The lowest BCUT2D eigenvalue weighted by molar-refractivity contribution is -0.121. The molecule has 0 spiro atoms. The Hall–Kier alpha value is -1.22. The van der Waals surface area contributed by atoms with Crippen molar-refractivity contribution >= 4 is 17.5 Å². The Morgan fingerprint density at radius 1 is 1.41 bits per heavy atom. The van der Waals surface area contributed by atoms with Gasteiger partial charge in [0.05, 0.1) is 18.6 Å². The van der Waals surface area contributed by atoms with E-state index in [4.69, 9.17) is 16.3 Å². The van der Waals surface area contributed by atoms with Crippen LogP contribution in [0.1, 0.15) is 26.3 Å². The van der Waals surface area contributed by atoms with E-state index in [1.807, 2.05) is 26.8 Å². The molecule has 0 aliphatic rings. The molecule has 0 bridgehead atoms. The van der Waals surface area contributed by atoms with Crippen LogP contribution >= 0.6 is 11.6 Å². The number of amides is 1. The number of benzene rings is 1. The van der Waals surface area contributed by atoms with Crippen LogP contribution in [-0.4, -0.2) is 18.6 Å². The summed E-state index contributed by atoms with van der Waals surface area (Å²) >= 11 is 5.99. The Morgan fingerprint density at radius 3 is 2.53 bits per heavy atom. The molecule has 0 unspecified atom stereocenters. The third-order valence-electron chi connectivity index (χ3n) is 2.10. The molecule has 1 N–H and O–H groups in total. The van der Waals surface area contributed by atoms with Gasteiger partial charge in [-0.1, -0.05) is 17.7 Å². The first-order valence-corrected chi connectivity index (χ1v) is 5.83. The smallest absolute Gasteiger partial charge is 0.224 e. The molecule has 94 valence electrons. The fourth-order valence-corrected chi connectivity index (χ4v) is 1.75. The lowest BCUT2D eigenvalue weighted by Gasteiger charge is -2.20. The molecule has 1 amide bonds. The quantitative estimate of drug-likeness (QED) is 0.902. The van der Waals surface area contributed by atoms with Gasteiger partial charge in [0.1, 0.15) is 5.75 Å². The van der Waals surface area contributed by atoms with Crippen LogP contribution in [-0.2, 0) is 11.2 Å². The van der Waals surface area contributed by atoms with Gasteiger partial charge in [-0.15, -0.1) is 0 Å². The van der Waals surface area contributed by atoms with E-state index in [0.29, 0.717) is 17.2 Å². The van der Waals surface area contributed by atoms with Crippen molar-refractivity contribution in [3.8, 4) is 5.75 Å². The highest BCUT2D eigenvalue weighted by Gasteiger charge is 2.14. The predicted molar refractivity (Wildman–Crippen MR) is 69.6 cm³/mol. The van der Waals surface area contributed by atoms with E-state index < -0.39 is 0 Å². The number of hydrogen-bond donors (Lipinski definition) is 1. The largest absolute Gasteiger partial charge is 0.495 e. The molecular weight excluding hydrogens is 238 g/mol. The monoisotopic (exact) mass is 255 g/mol. The summed E-state index contributed by atoms with van der Waals surface area (Å²) in [6, 6.07) is 5.36. The summed E-state index contributed by atoms with van der Waals surface area (Å²) in [5, 5.41) is 3.42. The Bertz CT molecular complexity index is 410. The number of rotatable bonds is 3. The highest BCUT2D eigenvalue weighted by molar-refractivity contribution is 6.32. The van der Waals surface area contributed by atoms with E-state index in [0.717, 1.165) is 5.56 Å². The van der Waals surface area contributed by atoms with Gasteiger partial charge in [-0.3, -0.25) is 4.79 Å². The van der Waals surface area contributed by atoms with E-state index in [9.17, 15) is 4.79 Å². The van der Waals surface area contributed by atoms with Crippen LogP contribution in [0.3, 0.4) is 0 Å². The van der Waals surface area contributed by atoms with Gasteiger partial charge in [0, 0.05) is 5.54 Å². The fraction of sp³-hybridized carbons (Fsp3) is 0.462. The van der Waals surface area contributed by atoms with Gasteiger partial charge >= 0.3 is 0 Å². The molecule has 0 aliphatic heterocycles. The van der Waals surface area contributed by atoms with Crippen LogP contribution in [0.25, 0.3) is 0 Å². The van der Waals surface area contributed by atoms with Crippen molar-refractivity contribution in [2.24, 2.45) is 0 Å². The van der Waals surface area contributed by atoms with Gasteiger partial charge in [-0.25, -0.2) is 0 Å². The number of hydrogen-bond acceptors (Lipinski definition) is 2. The van der Waals surface area contributed by atoms with E-state index in [-0.39, 0.29) is 11.4 Å². The van der Waals surface area contributed by atoms with Crippen LogP contribution < -0.4 is 10.1 Å². The van der Waals surface area contributed by atoms with Gasteiger partial charge in [0.2, 0.25) is 5.91 Å². The molecule has 0 saturated heterocycles. The molecule has 0 fully saturated rings. The van der Waals surface area contributed by atoms with Gasteiger partial charge in [-0.05, 0) is 38.5 Å². The zero-order valence-electron chi connectivity index (χ0n) is 10.6. The topological polar surface area (TPSA) is 38.3 Å². The Morgan fingerprint density at radius 2 is 2.06 bits per heavy atom. The summed E-state index contributed by atoms with van der Waals surface area (Å²) in [5.74, 6) is 0.602. The molecule has 0 atom stereocenters. The highest BCUT2D eigenvalue weighted by Crippen LogP contribution is 2.25. The van der Waals surface area contributed by atoms with Crippen molar-refractivity contribution in [3.63, 3.8) is 0 Å². The molecule has 0 aromatic heterocycles. The zero-order chi connectivity index (χ0) is 13.1. The van der Waals surface area contributed by atoms with Crippen molar-refractivity contribution in [1.29, 1.82) is 0 Å². The molecule has 0 aliphatic carbocycles. The molecule has 4 heteroatoms.